The first-order chi connectivity index (χ1) is 13.4. The Bertz CT molecular complexity index is 825. The minimum absolute atomic E-state index is 0.00711. The summed E-state index contributed by atoms with van der Waals surface area (Å²) in [6.07, 6.45) is 7.60. The predicted octanol–water partition coefficient (Wildman–Crippen LogP) is 2.35. The van der Waals surface area contributed by atoms with E-state index >= 15 is 0 Å². The molecule has 0 bridgehead atoms. The average molecular weight is 406 g/mol. The van der Waals surface area contributed by atoms with Gasteiger partial charge in [0, 0.05) is 12.0 Å². The van der Waals surface area contributed by atoms with Crippen LogP contribution < -0.4 is 10.0 Å². The Hall–Kier alpha value is -1.44. The number of likely N-dealkylation sites (tertiary alicyclic amines) is 1. The quantitative estimate of drug-likeness (QED) is 0.788. The molecule has 0 radical (unpaired) electrons. The number of aryl methyl sites for hydroxylation is 1. The normalized spacial score (nSPS) is 24.4. The minimum Gasteiger partial charge on any atom is -0.349 e. The maximum absolute atomic E-state index is 12.9. The molecule has 1 aliphatic heterocycles. The highest BCUT2D eigenvalue weighted by Gasteiger charge is 2.30. The lowest BCUT2D eigenvalue weighted by Gasteiger charge is -2.29. The van der Waals surface area contributed by atoms with Crippen molar-refractivity contribution in [3.05, 3.63) is 29.3 Å². The number of amides is 1. The van der Waals surface area contributed by atoms with Crippen molar-refractivity contribution in [2.24, 2.45) is 5.92 Å². The zero-order chi connectivity index (χ0) is 19.7. The maximum Gasteiger partial charge on any atom is 0.240 e. The fourth-order valence-electron chi connectivity index (χ4n) is 4.79. The molecule has 1 unspecified atom stereocenters. The molecule has 1 heterocycles. The van der Waals surface area contributed by atoms with Gasteiger partial charge in [-0.2, -0.15) is 0 Å². The second-order valence-electron chi connectivity index (χ2n) is 8.64. The first-order valence-electron chi connectivity index (χ1n) is 10.6. The third-order valence-corrected chi connectivity index (χ3v) is 8.11. The second kappa shape index (κ2) is 8.13. The summed E-state index contributed by atoms with van der Waals surface area (Å²) in [4.78, 5) is 15.1. The summed E-state index contributed by atoms with van der Waals surface area (Å²) in [7, 11) is -1.49. The van der Waals surface area contributed by atoms with Gasteiger partial charge in [-0.05, 0) is 81.9 Å². The van der Waals surface area contributed by atoms with E-state index in [1.54, 1.807) is 12.1 Å². The standard InChI is InChI=1S/C21H31N3O3S/c1-24-12-10-17(11-13-24)23-28(26,27)18-8-6-15-7-9-20(19(15)14-18)22-21(25)16-4-2-3-5-16/h6,8,14,16-17,20,23H,2-5,7,9-13H2,1H3,(H,22,25). The molecule has 1 saturated heterocycles. The van der Waals surface area contributed by atoms with Crippen molar-refractivity contribution >= 4 is 15.9 Å². The van der Waals surface area contributed by atoms with Gasteiger partial charge in [-0.25, -0.2) is 13.1 Å². The first kappa shape index (κ1) is 19.9. The molecule has 0 aromatic heterocycles. The van der Waals surface area contributed by atoms with E-state index in [0.717, 1.165) is 75.6 Å². The summed E-state index contributed by atoms with van der Waals surface area (Å²) < 4.78 is 28.7. The summed E-state index contributed by atoms with van der Waals surface area (Å²) >= 11 is 0. The fourth-order valence-corrected chi connectivity index (χ4v) is 6.13. The number of rotatable bonds is 5. The molecular weight excluding hydrogens is 374 g/mol. The maximum atomic E-state index is 12.9. The Balaban J connectivity index is 1.47. The number of carbonyl (C=O) groups excluding carboxylic acids is 1. The van der Waals surface area contributed by atoms with Crippen molar-refractivity contribution in [1.82, 2.24) is 14.9 Å². The summed E-state index contributed by atoms with van der Waals surface area (Å²) in [6, 6.07) is 5.32. The van der Waals surface area contributed by atoms with Crippen LogP contribution in [0, 0.1) is 5.92 Å². The van der Waals surface area contributed by atoms with Gasteiger partial charge in [0.05, 0.1) is 10.9 Å². The van der Waals surface area contributed by atoms with Crippen molar-refractivity contribution < 1.29 is 13.2 Å². The molecule has 1 amide bonds. The lowest BCUT2D eigenvalue weighted by atomic mass is 10.0. The number of hydrogen-bond acceptors (Lipinski definition) is 4. The van der Waals surface area contributed by atoms with Crippen molar-refractivity contribution in [3.63, 3.8) is 0 Å². The van der Waals surface area contributed by atoms with E-state index in [0.29, 0.717) is 4.90 Å². The van der Waals surface area contributed by atoms with Crippen LogP contribution in [-0.2, 0) is 21.2 Å². The van der Waals surface area contributed by atoms with Gasteiger partial charge in [0.1, 0.15) is 0 Å². The lowest BCUT2D eigenvalue weighted by Crippen LogP contribution is -2.43. The molecule has 2 fully saturated rings. The molecule has 4 rings (SSSR count). The van der Waals surface area contributed by atoms with Crippen LogP contribution >= 0.6 is 0 Å². The number of nitrogens with one attached hydrogen (secondary N) is 2. The van der Waals surface area contributed by atoms with Gasteiger partial charge in [-0.1, -0.05) is 18.9 Å². The number of nitrogens with zero attached hydrogens (tertiary/aromatic N) is 1. The topological polar surface area (TPSA) is 78.5 Å². The van der Waals surface area contributed by atoms with Crippen LogP contribution in [-0.4, -0.2) is 45.4 Å². The van der Waals surface area contributed by atoms with Crippen LogP contribution in [0.5, 0.6) is 0 Å². The van der Waals surface area contributed by atoms with E-state index in [1.165, 1.54) is 0 Å². The predicted molar refractivity (Wildman–Crippen MR) is 108 cm³/mol. The zero-order valence-electron chi connectivity index (χ0n) is 16.6. The number of benzene rings is 1. The van der Waals surface area contributed by atoms with Gasteiger partial charge in [0.2, 0.25) is 15.9 Å². The molecule has 1 aromatic carbocycles. The first-order valence-corrected chi connectivity index (χ1v) is 12.0. The van der Waals surface area contributed by atoms with Crippen LogP contribution in [0.15, 0.2) is 23.1 Å². The number of carbonyl (C=O) groups is 1. The molecule has 6 nitrogen and oxygen atoms in total. The Kier molecular flexibility index (Phi) is 5.76. The molecule has 1 aromatic rings. The van der Waals surface area contributed by atoms with Gasteiger partial charge in [-0.3, -0.25) is 4.79 Å². The van der Waals surface area contributed by atoms with Crippen molar-refractivity contribution in [3.8, 4) is 0 Å². The summed E-state index contributed by atoms with van der Waals surface area (Å²) in [5, 5.41) is 3.18. The lowest BCUT2D eigenvalue weighted by molar-refractivity contribution is -0.125. The summed E-state index contributed by atoms with van der Waals surface area (Å²) in [5.74, 6) is 0.259. The third-order valence-electron chi connectivity index (χ3n) is 6.59. The molecule has 2 aliphatic carbocycles. The highest BCUT2D eigenvalue weighted by molar-refractivity contribution is 7.89. The van der Waals surface area contributed by atoms with Gasteiger partial charge >= 0.3 is 0 Å². The average Bonchev–Trinajstić information content (AvgIpc) is 3.33. The number of hydrogen-bond donors (Lipinski definition) is 2. The SMILES string of the molecule is CN1CCC(NS(=O)(=O)c2ccc3c(c2)C(NC(=O)C2CCCC2)CC3)CC1. The van der Waals surface area contributed by atoms with Crippen LogP contribution in [0.1, 0.15) is 62.1 Å². The number of fused-ring (bicyclic) bond motifs is 1. The van der Waals surface area contributed by atoms with Crippen molar-refractivity contribution in [1.29, 1.82) is 0 Å². The molecule has 1 saturated carbocycles. The van der Waals surface area contributed by atoms with Crippen LogP contribution in [0.3, 0.4) is 0 Å². The van der Waals surface area contributed by atoms with E-state index in [2.05, 4.69) is 22.0 Å². The molecule has 7 heteroatoms. The Morgan fingerprint density at radius 2 is 1.79 bits per heavy atom. The summed E-state index contributed by atoms with van der Waals surface area (Å²) in [6.45, 7) is 1.82. The smallest absolute Gasteiger partial charge is 0.240 e. The molecule has 154 valence electrons. The van der Waals surface area contributed by atoms with Gasteiger partial charge < -0.3 is 10.2 Å². The molecule has 28 heavy (non-hydrogen) atoms. The highest BCUT2D eigenvalue weighted by Crippen LogP contribution is 2.34. The monoisotopic (exact) mass is 405 g/mol. The van der Waals surface area contributed by atoms with E-state index in [9.17, 15) is 13.2 Å². The van der Waals surface area contributed by atoms with Crippen LogP contribution in [0.25, 0.3) is 0 Å². The molecule has 1 atom stereocenters. The molecule has 2 N–H and O–H groups in total. The number of sulfonamides is 1. The number of piperidine rings is 1. The van der Waals surface area contributed by atoms with Crippen molar-refractivity contribution in [2.45, 2.75) is 68.3 Å². The van der Waals surface area contributed by atoms with E-state index in [-0.39, 0.29) is 23.9 Å². The minimum atomic E-state index is -3.55. The Morgan fingerprint density at radius 1 is 1.07 bits per heavy atom. The second-order valence-corrected chi connectivity index (χ2v) is 10.4. The highest BCUT2D eigenvalue weighted by atomic mass is 32.2. The Labute approximate surface area is 168 Å². The molecular formula is C21H31N3O3S. The molecule has 3 aliphatic rings. The van der Waals surface area contributed by atoms with Gasteiger partial charge in [-0.15, -0.1) is 0 Å². The van der Waals surface area contributed by atoms with Crippen LogP contribution in [0.2, 0.25) is 0 Å². The Morgan fingerprint density at radius 3 is 2.50 bits per heavy atom. The van der Waals surface area contributed by atoms with Crippen LogP contribution in [0.4, 0.5) is 0 Å². The van der Waals surface area contributed by atoms with E-state index < -0.39 is 10.0 Å². The fraction of sp³-hybridized carbons (Fsp3) is 0.667. The van der Waals surface area contributed by atoms with Crippen molar-refractivity contribution in [2.75, 3.05) is 20.1 Å². The zero-order valence-corrected chi connectivity index (χ0v) is 17.4. The van der Waals surface area contributed by atoms with Gasteiger partial charge in [0.25, 0.3) is 0 Å². The van der Waals surface area contributed by atoms with E-state index in [4.69, 9.17) is 0 Å². The van der Waals surface area contributed by atoms with E-state index in [1.807, 2.05) is 6.07 Å². The molecule has 0 spiro atoms. The third kappa shape index (κ3) is 4.26. The van der Waals surface area contributed by atoms with Gasteiger partial charge in [0.15, 0.2) is 0 Å². The summed E-state index contributed by atoms with van der Waals surface area (Å²) in [5.41, 5.74) is 2.12. The largest absolute Gasteiger partial charge is 0.349 e.